The molecule has 3 aromatic carbocycles. The number of rotatable bonds is 7. The molecule has 0 fully saturated rings. The molecule has 5 nitrogen and oxygen atoms in total. The molecule has 0 unspecified atom stereocenters. The van der Waals surface area contributed by atoms with Gasteiger partial charge in [-0.15, -0.1) is 5.10 Å². The third-order valence-corrected chi connectivity index (χ3v) is 5.23. The molecule has 0 atom stereocenters. The van der Waals surface area contributed by atoms with Gasteiger partial charge >= 0.3 is 5.69 Å². The first kappa shape index (κ1) is 18.1. The molecule has 0 saturated carbocycles. The summed E-state index contributed by atoms with van der Waals surface area (Å²) in [6, 6.07) is 27.5. The third-order valence-electron chi connectivity index (χ3n) is 4.21. The summed E-state index contributed by atoms with van der Waals surface area (Å²) in [6.07, 6.45) is 0. The van der Waals surface area contributed by atoms with E-state index >= 15 is 0 Å². The maximum absolute atomic E-state index is 12.2. The van der Waals surface area contributed by atoms with Crippen LogP contribution in [0.1, 0.15) is 11.1 Å². The van der Waals surface area contributed by atoms with E-state index in [2.05, 4.69) is 10.2 Å². The van der Waals surface area contributed by atoms with Crippen molar-refractivity contribution in [2.45, 2.75) is 17.5 Å². The van der Waals surface area contributed by atoms with Crippen LogP contribution in [0.4, 0.5) is 0 Å². The second-order valence-corrected chi connectivity index (χ2v) is 7.14. The number of H-pyrrole nitrogens is 1. The Morgan fingerprint density at radius 1 is 0.893 bits per heavy atom. The van der Waals surface area contributed by atoms with Crippen LogP contribution >= 0.6 is 11.8 Å². The van der Waals surface area contributed by atoms with E-state index in [1.165, 1.54) is 11.8 Å². The molecule has 4 rings (SSSR count). The van der Waals surface area contributed by atoms with E-state index < -0.39 is 0 Å². The number of hydrogen-bond acceptors (Lipinski definition) is 4. The molecule has 0 aliphatic heterocycles. The van der Waals surface area contributed by atoms with E-state index in [1.54, 1.807) is 4.57 Å². The molecule has 1 N–H and O–H groups in total. The van der Waals surface area contributed by atoms with E-state index in [9.17, 15) is 4.79 Å². The number of ether oxygens (including phenoxy) is 1. The van der Waals surface area contributed by atoms with Crippen molar-refractivity contribution in [3.63, 3.8) is 0 Å². The molecule has 140 valence electrons. The SMILES string of the molecule is O=c1[nH]nc(SCc2ccccc2Oc2ccccc2)n1Cc1ccccc1. The Morgan fingerprint density at radius 2 is 1.57 bits per heavy atom. The highest BCUT2D eigenvalue weighted by atomic mass is 32.2. The summed E-state index contributed by atoms with van der Waals surface area (Å²) in [5.41, 5.74) is 1.89. The van der Waals surface area contributed by atoms with Crippen molar-refractivity contribution >= 4 is 11.8 Å². The summed E-state index contributed by atoms with van der Waals surface area (Å²) in [7, 11) is 0. The monoisotopic (exact) mass is 389 g/mol. The number of aromatic nitrogens is 3. The second kappa shape index (κ2) is 8.63. The zero-order valence-corrected chi connectivity index (χ0v) is 15.9. The van der Waals surface area contributed by atoms with Crippen LogP contribution in [0.5, 0.6) is 11.5 Å². The fraction of sp³-hybridized carbons (Fsp3) is 0.0909. The van der Waals surface area contributed by atoms with Gasteiger partial charge in [0.15, 0.2) is 5.16 Å². The van der Waals surface area contributed by atoms with Gasteiger partial charge < -0.3 is 4.74 Å². The molecule has 0 aliphatic carbocycles. The largest absolute Gasteiger partial charge is 0.457 e. The van der Waals surface area contributed by atoms with E-state index in [-0.39, 0.29) is 5.69 Å². The van der Waals surface area contributed by atoms with Gasteiger partial charge in [-0.1, -0.05) is 78.5 Å². The number of hydrogen-bond donors (Lipinski definition) is 1. The highest BCUT2D eigenvalue weighted by Crippen LogP contribution is 2.30. The Morgan fingerprint density at radius 3 is 2.36 bits per heavy atom. The van der Waals surface area contributed by atoms with Crippen LogP contribution in [0.25, 0.3) is 0 Å². The minimum absolute atomic E-state index is 0.208. The zero-order chi connectivity index (χ0) is 19.2. The first-order valence-electron chi connectivity index (χ1n) is 8.92. The Kier molecular flexibility index (Phi) is 5.58. The van der Waals surface area contributed by atoms with Gasteiger partial charge in [-0.05, 0) is 23.8 Å². The molecule has 0 saturated heterocycles. The normalized spacial score (nSPS) is 10.7. The van der Waals surface area contributed by atoms with Crippen LogP contribution in [0.2, 0.25) is 0 Å². The Bertz CT molecular complexity index is 1090. The van der Waals surface area contributed by atoms with Gasteiger partial charge in [0.25, 0.3) is 0 Å². The van der Waals surface area contributed by atoms with Gasteiger partial charge in [0.05, 0.1) is 6.54 Å². The predicted octanol–water partition coefficient (Wildman–Crippen LogP) is 4.70. The highest BCUT2D eigenvalue weighted by Gasteiger charge is 2.12. The first-order valence-corrected chi connectivity index (χ1v) is 9.91. The van der Waals surface area contributed by atoms with Crippen molar-refractivity contribution in [2.75, 3.05) is 0 Å². The van der Waals surface area contributed by atoms with Crippen molar-refractivity contribution in [3.8, 4) is 11.5 Å². The van der Waals surface area contributed by atoms with Crippen molar-refractivity contribution in [3.05, 3.63) is 107 Å². The van der Waals surface area contributed by atoms with Crippen LogP contribution in [0, 0.1) is 0 Å². The molecular formula is C22H19N3O2S. The summed E-state index contributed by atoms with van der Waals surface area (Å²) in [4.78, 5) is 12.2. The predicted molar refractivity (Wildman–Crippen MR) is 111 cm³/mol. The van der Waals surface area contributed by atoms with E-state index in [4.69, 9.17) is 4.74 Å². The molecule has 6 heteroatoms. The minimum Gasteiger partial charge on any atom is -0.457 e. The molecule has 0 bridgehead atoms. The summed E-state index contributed by atoms with van der Waals surface area (Å²) >= 11 is 1.51. The number of nitrogens with zero attached hydrogens (tertiary/aromatic N) is 2. The lowest BCUT2D eigenvalue weighted by Gasteiger charge is -2.11. The molecule has 1 heterocycles. The fourth-order valence-corrected chi connectivity index (χ4v) is 3.74. The van der Waals surface area contributed by atoms with Crippen molar-refractivity contribution in [2.24, 2.45) is 0 Å². The molecule has 4 aromatic rings. The van der Waals surface area contributed by atoms with Crippen LogP contribution < -0.4 is 10.4 Å². The smallest absolute Gasteiger partial charge is 0.344 e. The molecule has 0 spiro atoms. The standard InChI is InChI=1S/C22H19N3O2S/c26-21-23-24-22(25(21)15-17-9-3-1-4-10-17)28-16-18-11-7-8-14-20(18)27-19-12-5-2-6-13-19/h1-14H,15-16H2,(H,23,26). The maximum atomic E-state index is 12.2. The Hall–Kier alpha value is -3.25. The average Bonchev–Trinajstić information content (AvgIpc) is 3.08. The van der Waals surface area contributed by atoms with Crippen molar-refractivity contribution in [1.29, 1.82) is 0 Å². The van der Waals surface area contributed by atoms with Gasteiger partial charge in [-0.25, -0.2) is 9.89 Å². The maximum Gasteiger partial charge on any atom is 0.344 e. The fourth-order valence-electron chi connectivity index (χ4n) is 2.80. The quantitative estimate of drug-likeness (QED) is 0.465. The second-order valence-electron chi connectivity index (χ2n) is 6.19. The lowest BCUT2D eigenvalue weighted by Crippen LogP contribution is -2.18. The third kappa shape index (κ3) is 4.35. The number of thioether (sulfide) groups is 1. The molecule has 0 aliphatic rings. The van der Waals surface area contributed by atoms with Gasteiger partial charge in [-0.3, -0.25) is 4.57 Å². The Balaban J connectivity index is 1.51. The molecule has 0 amide bonds. The van der Waals surface area contributed by atoms with Crippen LogP contribution in [0.3, 0.4) is 0 Å². The minimum atomic E-state index is -0.208. The van der Waals surface area contributed by atoms with Crippen LogP contribution in [0.15, 0.2) is 94.9 Å². The molecular weight excluding hydrogens is 370 g/mol. The van der Waals surface area contributed by atoms with Gasteiger partial charge in [0, 0.05) is 11.3 Å². The van der Waals surface area contributed by atoms with Crippen LogP contribution in [-0.4, -0.2) is 14.8 Å². The number of nitrogens with one attached hydrogen (secondary N) is 1. The van der Waals surface area contributed by atoms with E-state index in [0.717, 1.165) is 22.6 Å². The van der Waals surface area contributed by atoms with Gasteiger partial charge in [-0.2, -0.15) is 0 Å². The first-order chi connectivity index (χ1) is 13.8. The topological polar surface area (TPSA) is 59.9 Å². The highest BCUT2D eigenvalue weighted by molar-refractivity contribution is 7.98. The number of para-hydroxylation sites is 2. The van der Waals surface area contributed by atoms with Crippen molar-refractivity contribution in [1.82, 2.24) is 14.8 Å². The van der Waals surface area contributed by atoms with E-state index in [0.29, 0.717) is 17.5 Å². The number of aromatic amines is 1. The summed E-state index contributed by atoms with van der Waals surface area (Å²) in [5.74, 6) is 2.23. The lowest BCUT2D eigenvalue weighted by atomic mass is 10.2. The van der Waals surface area contributed by atoms with Crippen molar-refractivity contribution < 1.29 is 4.74 Å². The molecule has 0 radical (unpaired) electrons. The van der Waals surface area contributed by atoms with Crippen LogP contribution in [-0.2, 0) is 12.3 Å². The summed E-state index contributed by atoms with van der Waals surface area (Å²) in [6.45, 7) is 0.487. The summed E-state index contributed by atoms with van der Waals surface area (Å²) in [5, 5.41) is 7.40. The summed E-state index contributed by atoms with van der Waals surface area (Å²) < 4.78 is 7.67. The zero-order valence-electron chi connectivity index (χ0n) is 15.1. The lowest BCUT2D eigenvalue weighted by molar-refractivity contribution is 0.478. The Labute approximate surface area is 167 Å². The van der Waals surface area contributed by atoms with Gasteiger partial charge in [0.1, 0.15) is 11.5 Å². The molecule has 28 heavy (non-hydrogen) atoms. The molecule has 1 aromatic heterocycles. The number of benzene rings is 3. The average molecular weight is 389 g/mol. The van der Waals surface area contributed by atoms with Gasteiger partial charge in [0.2, 0.25) is 0 Å². The van der Waals surface area contributed by atoms with E-state index in [1.807, 2.05) is 84.9 Å².